The lowest BCUT2D eigenvalue weighted by Crippen LogP contribution is -2.35. The van der Waals surface area contributed by atoms with E-state index < -0.39 is 0 Å². The van der Waals surface area contributed by atoms with Gasteiger partial charge < -0.3 is 16.0 Å². The summed E-state index contributed by atoms with van der Waals surface area (Å²) < 4.78 is 0. The highest BCUT2D eigenvalue weighted by molar-refractivity contribution is 7.80. The van der Waals surface area contributed by atoms with Crippen LogP contribution in [0.2, 0.25) is 0 Å². The van der Waals surface area contributed by atoms with E-state index in [0.717, 1.165) is 31.9 Å². The number of amides is 1. The fourth-order valence-electron chi connectivity index (χ4n) is 1.63. The summed E-state index contributed by atoms with van der Waals surface area (Å²) in [6, 6.07) is 0. The Balaban J connectivity index is 2.15. The van der Waals surface area contributed by atoms with Crippen LogP contribution in [0.1, 0.15) is 6.42 Å². The van der Waals surface area contributed by atoms with Crippen molar-refractivity contribution in [2.75, 3.05) is 38.5 Å². The molecule has 0 aromatic heterocycles. The number of nitrogens with two attached hydrogens (primary N) is 1. The molecule has 1 rings (SSSR count). The quantitative estimate of drug-likeness (QED) is 0.408. The van der Waals surface area contributed by atoms with Crippen molar-refractivity contribution in [2.24, 2.45) is 11.7 Å². The summed E-state index contributed by atoms with van der Waals surface area (Å²) in [6.45, 7) is 3.96. The van der Waals surface area contributed by atoms with Gasteiger partial charge in [-0.2, -0.15) is 12.6 Å². The van der Waals surface area contributed by atoms with E-state index in [-0.39, 0.29) is 5.91 Å². The molecule has 1 aliphatic rings. The maximum atomic E-state index is 11.4. The number of hydrogen-bond donors (Lipinski definition) is 3. The number of hydrogen-bond acceptors (Lipinski definition) is 4. The topological polar surface area (TPSA) is 58.4 Å². The zero-order valence-electron chi connectivity index (χ0n) is 8.41. The summed E-state index contributed by atoms with van der Waals surface area (Å²) in [5, 5.41) is 3.18. The standard InChI is InChI=1S/C9H19N3OS/c10-1-2-11-3-4-12-6-8(7-14)5-9(12)13/h8,11,14H,1-7,10H2. The fraction of sp³-hybridized carbons (Fsp3) is 0.889. The molecule has 0 bridgehead atoms. The summed E-state index contributed by atoms with van der Waals surface area (Å²) in [6.07, 6.45) is 0.667. The predicted octanol–water partition coefficient (Wildman–Crippen LogP) is -0.687. The van der Waals surface area contributed by atoms with Crippen molar-refractivity contribution >= 4 is 18.5 Å². The van der Waals surface area contributed by atoms with Crippen molar-refractivity contribution in [3.05, 3.63) is 0 Å². The van der Waals surface area contributed by atoms with Crippen molar-refractivity contribution in [1.29, 1.82) is 0 Å². The molecule has 3 N–H and O–H groups in total. The van der Waals surface area contributed by atoms with E-state index in [4.69, 9.17) is 5.73 Å². The van der Waals surface area contributed by atoms with Crippen molar-refractivity contribution in [2.45, 2.75) is 6.42 Å². The second-order valence-corrected chi connectivity index (χ2v) is 4.00. The minimum absolute atomic E-state index is 0.263. The molecular weight excluding hydrogens is 198 g/mol. The zero-order chi connectivity index (χ0) is 10.4. The van der Waals surface area contributed by atoms with Crippen LogP contribution in [-0.4, -0.2) is 49.3 Å². The number of rotatable bonds is 6. The number of thiol groups is 1. The molecule has 0 radical (unpaired) electrons. The summed E-state index contributed by atoms with van der Waals surface area (Å²) in [4.78, 5) is 13.4. The molecule has 0 aromatic rings. The SMILES string of the molecule is NCCNCCN1CC(CS)CC1=O. The lowest BCUT2D eigenvalue weighted by Gasteiger charge is -2.16. The number of nitrogens with one attached hydrogen (secondary N) is 1. The molecule has 0 saturated carbocycles. The van der Waals surface area contributed by atoms with Gasteiger partial charge in [-0.3, -0.25) is 4.79 Å². The highest BCUT2D eigenvalue weighted by Crippen LogP contribution is 2.17. The first-order valence-electron chi connectivity index (χ1n) is 5.07. The molecule has 1 fully saturated rings. The van der Waals surface area contributed by atoms with Gasteiger partial charge in [-0.25, -0.2) is 0 Å². The molecule has 1 unspecified atom stereocenters. The van der Waals surface area contributed by atoms with Gasteiger partial charge in [0.2, 0.25) is 5.91 Å². The van der Waals surface area contributed by atoms with Crippen LogP contribution in [0.15, 0.2) is 0 Å². The van der Waals surface area contributed by atoms with Crippen LogP contribution in [0.3, 0.4) is 0 Å². The average molecular weight is 217 g/mol. The van der Waals surface area contributed by atoms with E-state index >= 15 is 0 Å². The summed E-state index contributed by atoms with van der Waals surface area (Å²) in [5.74, 6) is 1.51. The molecule has 4 nitrogen and oxygen atoms in total. The molecular formula is C9H19N3OS. The first-order valence-corrected chi connectivity index (χ1v) is 5.70. The summed E-state index contributed by atoms with van der Waals surface area (Å²) in [5.41, 5.74) is 5.34. The molecule has 1 heterocycles. The lowest BCUT2D eigenvalue weighted by molar-refractivity contribution is -0.127. The number of likely N-dealkylation sites (tertiary alicyclic amines) is 1. The van der Waals surface area contributed by atoms with Gasteiger partial charge in [0.15, 0.2) is 0 Å². The Kier molecular flexibility index (Phi) is 5.29. The van der Waals surface area contributed by atoms with E-state index in [9.17, 15) is 4.79 Å². The molecule has 14 heavy (non-hydrogen) atoms. The Morgan fingerprint density at radius 2 is 2.36 bits per heavy atom. The maximum Gasteiger partial charge on any atom is 0.222 e. The Morgan fingerprint density at radius 1 is 1.57 bits per heavy atom. The van der Waals surface area contributed by atoms with E-state index in [1.807, 2.05) is 4.90 Å². The molecule has 1 amide bonds. The molecule has 82 valence electrons. The third-order valence-corrected chi connectivity index (χ3v) is 2.95. The minimum atomic E-state index is 0.263. The molecule has 0 aromatic carbocycles. The Labute approximate surface area is 90.6 Å². The lowest BCUT2D eigenvalue weighted by atomic mass is 10.1. The smallest absolute Gasteiger partial charge is 0.222 e. The molecule has 1 atom stereocenters. The second kappa shape index (κ2) is 6.27. The van der Waals surface area contributed by atoms with Gasteiger partial charge in [0.05, 0.1) is 0 Å². The van der Waals surface area contributed by atoms with Gasteiger partial charge in [-0.05, 0) is 11.7 Å². The first-order chi connectivity index (χ1) is 6.77. The van der Waals surface area contributed by atoms with Crippen molar-refractivity contribution in [3.63, 3.8) is 0 Å². The Morgan fingerprint density at radius 3 is 2.93 bits per heavy atom. The van der Waals surface area contributed by atoms with E-state index in [0.29, 0.717) is 18.9 Å². The van der Waals surface area contributed by atoms with Crippen molar-refractivity contribution in [3.8, 4) is 0 Å². The second-order valence-electron chi connectivity index (χ2n) is 3.63. The van der Waals surface area contributed by atoms with Crippen LogP contribution in [-0.2, 0) is 4.79 Å². The molecule has 0 spiro atoms. The molecule has 1 saturated heterocycles. The maximum absolute atomic E-state index is 11.4. The third-order valence-electron chi connectivity index (χ3n) is 2.43. The van der Waals surface area contributed by atoms with E-state index in [1.54, 1.807) is 0 Å². The average Bonchev–Trinajstić information content (AvgIpc) is 2.54. The van der Waals surface area contributed by atoms with Gasteiger partial charge in [0.25, 0.3) is 0 Å². The zero-order valence-corrected chi connectivity index (χ0v) is 9.30. The number of carbonyl (C=O) groups excluding carboxylic acids is 1. The Bertz CT molecular complexity index is 189. The minimum Gasteiger partial charge on any atom is -0.341 e. The van der Waals surface area contributed by atoms with Gasteiger partial charge in [0, 0.05) is 39.1 Å². The summed E-state index contributed by atoms with van der Waals surface area (Å²) in [7, 11) is 0. The van der Waals surface area contributed by atoms with Crippen LogP contribution >= 0.6 is 12.6 Å². The van der Waals surface area contributed by atoms with Gasteiger partial charge in [0.1, 0.15) is 0 Å². The summed E-state index contributed by atoms with van der Waals surface area (Å²) >= 11 is 4.21. The molecule has 5 heteroatoms. The highest BCUT2D eigenvalue weighted by atomic mass is 32.1. The first kappa shape index (κ1) is 11.8. The van der Waals surface area contributed by atoms with Gasteiger partial charge in [-0.15, -0.1) is 0 Å². The number of nitrogens with zero attached hydrogens (tertiary/aromatic N) is 1. The molecule has 0 aliphatic carbocycles. The monoisotopic (exact) mass is 217 g/mol. The van der Waals surface area contributed by atoms with Crippen LogP contribution in [0, 0.1) is 5.92 Å². The predicted molar refractivity (Wildman–Crippen MR) is 60.5 cm³/mol. The van der Waals surface area contributed by atoms with Crippen molar-refractivity contribution in [1.82, 2.24) is 10.2 Å². The van der Waals surface area contributed by atoms with E-state index in [1.165, 1.54) is 0 Å². The van der Waals surface area contributed by atoms with Crippen molar-refractivity contribution < 1.29 is 4.79 Å². The van der Waals surface area contributed by atoms with Crippen LogP contribution in [0.25, 0.3) is 0 Å². The van der Waals surface area contributed by atoms with E-state index in [2.05, 4.69) is 17.9 Å². The largest absolute Gasteiger partial charge is 0.341 e. The van der Waals surface area contributed by atoms with Crippen LogP contribution in [0.5, 0.6) is 0 Å². The molecule has 1 aliphatic heterocycles. The third kappa shape index (κ3) is 3.48. The van der Waals surface area contributed by atoms with Gasteiger partial charge in [-0.1, -0.05) is 0 Å². The Hall–Kier alpha value is -0.260. The van der Waals surface area contributed by atoms with Crippen LogP contribution in [0.4, 0.5) is 0 Å². The van der Waals surface area contributed by atoms with Gasteiger partial charge >= 0.3 is 0 Å². The number of carbonyl (C=O) groups is 1. The fourth-order valence-corrected chi connectivity index (χ4v) is 1.88. The van der Waals surface area contributed by atoms with Crippen LogP contribution < -0.4 is 11.1 Å². The highest BCUT2D eigenvalue weighted by Gasteiger charge is 2.27. The normalized spacial score (nSPS) is 22.0.